The molecule has 0 saturated carbocycles. The van der Waals surface area contributed by atoms with Crippen molar-refractivity contribution in [3.63, 3.8) is 0 Å². The largest absolute Gasteiger partial charge is 0.480 e. The molecular weight excluding hydrogens is 438 g/mol. The van der Waals surface area contributed by atoms with E-state index >= 15 is 0 Å². The summed E-state index contributed by atoms with van der Waals surface area (Å²) >= 11 is 6.26. The van der Waals surface area contributed by atoms with E-state index in [1.165, 1.54) is 0 Å². The van der Waals surface area contributed by atoms with Crippen molar-refractivity contribution in [1.82, 2.24) is 5.32 Å². The van der Waals surface area contributed by atoms with E-state index < -0.39 is 18.1 Å². The summed E-state index contributed by atoms with van der Waals surface area (Å²) in [6.45, 7) is 2.17. The molecule has 0 saturated heterocycles. The molecule has 0 bridgehead atoms. The molecule has 0 aliphatic heterocycles. The number of carbonyl (C=O) groups excluding carboxylic acids is 1. The molecule has 0 aromatic heterocycles. The monoisotopic (exact) mass is 463 g/mol. The van der Waals surface area contributed by atoms with Crippen molar-refractivity contribution in [2.75, 3.05) is 6.61 Å². The number of aliphatic carboxylic acids is 1. The summed E-state index contributed by atoms with van der Waals surface area (Å²) < 4.78 is 5.49. The second kappa shape index (κ2) is 10.1. The fourth-order valence-electron chi connectivity index (χ4n) is 4.38. The normalized spacial score (nSPS) is 13.2. The van der Waals surface area contributed by atoms with Crippen LogP contribution in [0.5, 0.6) is 0 Å². The van der Waals surface area contributed by atoms with Crippen LogP contribution >= 0.6 is 11.6 Å². The third-order valence-corrected chi connectivity index (χ3v) is 6.51. The molecule has 1 unspecified atom stereocenters. The van der Waals surface area contributed by atoms with Crippen molar-refractivity contribution in [3.8, 4) is 11.1 Å². The van der Waals surface area contributed by atoms with E-state index in [4.69, 9.17) is 16.3 Å². The van der Waals surface area contributed by atoms with Gasteiger partial charge in [0.2, 0.25) is 0 Å². The Bertz CT molecular complexity index is 1130. The van der Waals surface area contributed by atoms with Crippen LogP contribution in [0.2, 0.25) is 5.02 Å². The molecule has 3 aromatic rings. The predicted octanol–water partition coefficient (Wildman–Crippen LogP) is 5.83. The lowest BCUT2D eigenvalue weighted by atomic mass is 9.98. The van der Waals surface area contributed by atoms with E-state index in [0.717, 1.165) is 39.8 Å². The van der Waals surface area contributed by atoms with Crippen LogP contribution in [0.4, 0.5) is 4.79 Å². The Kier molecular flexibility index (Phi) is 6.99. The SMILES string of the molecule is CCc1ccc(CCC(NC(=O)OCC2c3ccccc3-c3ccccc32)C(=O)O)cc1Cl. The van der Waals surface area contributed by atoms with Gasteiger partial charge in [-0.1, -0.05) is 79.2 Å². The van der Waals surface area contributed by atoms with Crippen LogP contribution in [0.3, 0.4) is 0 Å². The summed E-state index contributed by atoms with van der Waals surface area (Å²) in [7, 11) is 0. The molecule has 4 rings (SSSR count). The molecule has 170 valence electrons. The van der Waals surface area contributed by atoms with Gasteiger partial charge in [0, 0.05) is 10.9 Å². The number of fused-ring (bicyclic) bond motifs is 3. The lowest BCUT2D eigenvalue weighted by molar-refractivity contribution is -0.139. The first-order valence-corrected chi connectivity index (χ1v) is 11.5. The van der Waals surface area contributed by atoms with Gasteiger partial charge in [-0.15, -0.1) is 0 Å². The average molecular weight is 464 g/mol. The fraction of sp³-hybridized carbons (Fsp3) is 0.259. The van der Waals surface area contributed by atoms with Crippen LogP contribution in [0.1, 0.15) is 41.5 Å². The van der Waals surface area contributed by atoms with Gasteiger partial charge in [0.25, 0.3) is 0 Å². The van der Waals surface area contributed by atoms with Gasteiger partial charge in [0.1, 0.15) is 12.6 Å². The van der Waals surface area contributed by atoms with Crippen molar-refractivity contribution in [2.24, 2.45) is 0 Å². The number of carboxylic acid groups (broad SMARTS) is 1. The number of rotatable bonds is 8. The smallest absolute Gasteiger partial charge is 0.407 e. The minimum atomic E-state index is -1.10. The van der Waals surface area contributed by atoms with E-state index in [1.807, 2.05) is 61.5 Å². The summed E-state index contributed by atoms with van der Waals surface area (Å²) in [5.74, 6) is -1.18. The number of amides is 1. The van der Waals surface area contributed by atoms with E-state index in [1.54, 1.807) is 0 Å². The zero-order chi connectivity index (χ0) is 23.4. The number of halogens is 1. The molecule has 0 radical (unpaired) electrons. The molecule has 0 spiro atoms. The summed E-state index contributed by atoms with van der Waals surface area (Å²) in [6.07, 6.45) is 0.815. The Morgan fingerprint density at radius 2 is 1.67 bits per heavy atom. The van der Waals surface area contributed by atoms with Crippen LogP contribution in [0.15, 0.2) is 66.7 Å². The Balaban J connectivity index is 1.37. The molecular formula is C27H26ClNO4. The third kappa shape index (κ3) is 5.04. The Labute approximate surface area is 198 Å². The number of carboxylic acids is 1. The molecule has 2 N–H and O–H groups in total. The highest BCUT2D eigenvalue weighted by molar-refractivity contribution is 6.31. The Morgan fingerprint density at radius 1 is 1.03 bits per heavy atom. The molecule has 3 aromatic carbocycles. The lowest BCUT2D eigenvalue weighted by Crippen LogP contribution is -2.41. The molecule has 1 amide bonds. The molecule has 0 fully saturated rings. The highest BCUT2D eigenvalue weighted by Crippen LogP contribution is 2.44. The zero-order valence-corrected chi connectivity index (χ0v) is 19.1. The van der Waals surface area contributed by atoms with Crippen molar-refractivity contribution in [1.29, 1.82) is 0 Å². The highest BCUT2D eigenvalue weighted by atomic mass is 35.5. The summed E-state index contributed by atoms with van der Waals surface area (Å²) in [6, 6.07) is 20.8. The number of hydrogen-bond donors (Lipinski definition) is 2. The van der Waals surface area contributed by atoms with Crippen LogP contribution in [0, 0.1) is 0 Å². The van der Waals surface area contributed by atoms with Gasteiger partial charge in [0.15, 0.2) is 0 Å². The van der Waals surface area contributed by atoms with Crippen LogP contribution in [0.25, 0.3) is 11.1 Å². The number of aryl methyl sites for hydroxylation is 2. The van der Waals surface area contributed by atoms with Crippen molar-refractivity contribution < 1.29 is 19.4 Å². The maximum atomic E-state index is 12.5. The van der Waals surface area contributed by atoms with Crippen LogP contribution < -0.4 is 5.32 Å². The average Bonchev–Trinajstić information content (AvgIpc) is 3.14. The Hall–Kier alpha value is -3.31. The minimum Gasteiger partial charge on any atom is -0.480 e. The maximum Gasteiger partial charge on any atom is 0.407 e. The van der Waals surface area contributed by atoms with E-state index in [-0.39, 0.29) is 18.9 Å². The van der Waals surface area contributed by atoms with Gasteiger partial charge in [-0.05, 0) is 58.7 Å². The second-order valence-electron chi connectivity index (χ2n) is 8.18. The molecule has 1 atom stereocenters. The Morgan fingerprint density at radius 3 is 2.24 bits per heavy atom. The summed E-state index contributed by atoms with van der Waals surface area (Å²) in [4.78, 5) is 24.2. The fourth-order valence-corrected chi connectivity index (χ4v) is 4.72. The van der Waals surface area contributed by atoms with Crippen molar-refractivity contribution in [2.45, 2.75) is 38.1 Å². The van der Waals surface area contributed by atoms with E-state index in [9.17, 15) is 14.7 Å². The summed E-state index contributed by atoms with van der Waals surface area (Å²) in [5.41, 5.74) is 6.46. The van der Waals surface area contributed by atoms with Gasteiger partial charge < -0.3 is 15.2 Å². The number of ether oxygens (including phenoxy) is 1. The number of hydrogen-bond acceptors (Lipinski definition) is 3. The van der Waals surface area contributed by atoms with Crippen LogP contribution in [-0.2, 0) is 22.4 Å². The molecule has 33 heavy (non-hydrogen) atoms. The minimum absolute atomic E-state index is 0.0781. The number of carbonyl (C=O) groups is 2. The molecule has 5 nitrogen and oxygen atoms in total. The topological polar surface area (TPSA) is 75.6 Å². The molecule has 1 aliphatic carbocycles. The number of nitrogens with one attached hydrogen (secondary N) is 1. The van der Waals surface area contributed by atoms with Gasteiger partial charge in [0.05, 0.1) is 0 Å². The van der Waals surface area contributed by atoms with Gasteiger partial charge in [-0.2, -0.15) is 0 Å². The molecule has 1 aliphatic rings. The highest BCUT2D eigenvalue weighted by Gasteiger charge is 2.29. The van der Waals surface area contributed by atoms with Crippen molar-refractivity contribution >= 4 is 23.7 Å². The zero-order valence-electron chi connectivity index (χ0n) is 18.4. The molecule has 6 heteroatoms. The van der Waals surface area contributed by atoms with Gasteiger partial charge in [-0.25, -0.2) is 9.59 Å². The number of benzene rings is 3. The van der Waals surface area contributed by atoms with E-state index in [2.05, 4.69) is 17.4 Å². The second-order valence-corrected chi connectivity index (χ2v) is 8.59. The predicted molar refractivity (Wildman–Crippen MR) is 129 cm³/mol. The van der Waals surface area contributed by atoms with Crippen LogP contribution in [-0.4, -0.2) is 29.8 Å². The lowest BCUT2D eigenvalue weighted by Gasteiger charge is -2.17. The quantitative estimate of drug-likeness (QED) is 0.441. The summed E-state index contributed by atoms with van der Waals surface area (Å²) in [5, 5.41) is 12.8. The first kappa shape index (κ1) is 22.9. The van der Waals surface area contributed by atoms with Gasteiger partial charge in [-0.3, -0.25) is 0 Å². The third-order valence-electron chi connectivity index (χ3n) is 6.15. The van der Waals surface area contributed by atoms with E-state index in [0.29, 0.717) is 11.4 Å². The van der Waals surface area contributed by atoms with Crippen molar-refractivity contribution in [3.05, 3.63) is 94.0 Å². The first-order valence-electron chi connectivity index (χ1n) is 11.1. The standard InChI is InChI=1S/C27H26ClNO4/c1-2-18-13-11-17(15-24(18)28)12-14-25(26(30)31)29-27(32)33-16-23-21-9-5-3-7-19(21)20-8-4-6-10-22(20)23/h3-11,13,15,23,25H,2,12,14,16H2,1H3,(H,29,32)(H,30,31). The maximum absolute atomic E-state index is 12.5. The van der Waals surface area contributed by atoms with Gasteiger partial charge >= 0.3 is 12.1 Å². The number of alkyl carbamates (subject to hydrolysis) is 1. The molecule has 0 heterocycles. The first-order chi connectivity index (χ1) is 16.0.